The second-order valence-electron chi connectivity index (χ2n) is 6.32. The van der Waals surface area contributed by atoms with E-state index in [0.717, 1.165) is 18.4 Å². The molecule has 0 spiro atoms. The fraction of sp³-hybridized carbons (Fsp3) is 0.529. The predicted molar refractivity (Wildman–Crippen MR) is 80.9 cm³/mol. The van der Waals surface area contributed by atoms with Crippen molar-refractivity contribution in [1.29, 1.82) is 0 Å². The van der Waals surface area contributed by atoms with Crippen LogP contribution in [0.3, 0.4) is 0 Å². The molecule has 2 rings (SSSR count). The van der Waals surface area contributed by atoms with Crippen LogP contribution in [0.1, 0.15) is 38.7 Å². The first-order valence-corrected chi connectivity index (χ1v) is 7.52. The number of carboxylic acid groups (broad SMARTS) is 1. The van der Waals surface area contributed by atoms with Crippen molar-refractivity contribution >= 4 is 11.9 Å². The van der Waals surface area contributed by atoms with E-state index in [0.29, 0.717) is 12.3 Å². The summed E-state index contributed by atoms with van der Waals surface area (Å²) in [6.45, 7) is 4.19. The number of hydrogen-bond acceptors (Lipinski definition) is 2. The van der Waals surface area contributed by atoms with Gasteiger partial charge in [0, 0.05) is 6.54 Å². The molecule has 4 heteroatoms. The number of carboxylic acids is 1. The van der Waals surface area contributed by atoms with Gasteiger partial charge in [-0.15, -0.1) is 0 Å². The molecular weight excluding hydrogens is 266 g/mol. The average Bonchev–Trinajstić information content (AvgIpc) is 3.25. The van der Waals surface area contributed by atoms with Crippen molar-refractivity contribution in [2.75, 3.05) is 6.54 Å². The molecule has 1 atom stereocenters. The van der Waals surface area contributed by atoms with E-state index < -0.39 is 17.3 Å². The topological polar surface area (TPSA) is 66.4 Å². The third-order valence-electron chi connectivity index (χ3n) is 4.13. The first-order valence-electron chi connectivity index (χ1n) is 7.52. The Labute approximate surface area is 125 Å². The van der Waals surface area contributed by atoms with E-state index in [1.807, 2.05) is 44.2 Å². The summed E-state index contributed by atoms with van der Waals surface area (Å²) >= 11 is 0. The summed E-state index contributed by atoms with van der Waals surface area (Å²) in [7, 11) is 0. The molecule has 21 heavy (non-hydrogen) atoms. The minimum absolute atomic E-state index is 0.0382. The summed E-state index contributed by atoms with van der Waals surface area (Å²) in [5.41, 5.74) is 0.598. The Kier molecular flexibility index (Phi) is 4.66. The molecule has 0 saturated heterocycles. The highest BCUT2D eigenvalue weighted by atomic mass is 16.4. The van der Waals surface area contributed by atoms with Gasteiger partial charge in [-0.25, -0.2) is 0 Å². The van der Waals surface area contributed by atoms with Crippen LogP contribution >= 0.6 is 0 Å². The van der Waals surface area contributed by atoms with Crippen molar-refractivity contribution in [3.8, 4) is 0 Å². The van der Waals surface area contributed by atoms with Crippen LogP contribution in [0.4, 0.5) is 0 Å². The molecule has 1 aromatic rings. The maximum absolute atomic E-state index is 12.4. The normalized spacial score (nSPS) is 17.3. The third kappa shape index (κ3) is 3.63. The zero-order chi connectivity index (χ0) is 15.5. The van der Waals surface area contributed by atoms with Crippen LogP contribution in [0.2, 0.25) is 0 Å². The number of amides is 1. The third-order valence-corrected chi connectivity index (χ3v) is 4.13. The summed E-state index contributed by atoms with van der Waals surface area (Å²) in [5.74, 6) is -1.09. The molecule has 0 aromatic heterocycles. The van der Waals surface area contributed by atoms with Crippen LogP contribution in [0.5, 0.6) is 0 Å². The van der Waals surface area contributed by atoms with Crippen LogP contribution in [0.25, 0.3) is 0 Å². The fourth-order valence-electron chi connectivity index (χ4n) is 2.75. The van der Waals surface area contributed by atoms with Crippen LogP contribution in [0, 0.1) is 11.8 Å². The molecule has 1 saturated carbocycles. The number of aliphatic carboxylic acids is 1. The van der Waals surface area contributed by atoms with Crippen LogP contribution in [-0.4, -0.2) is 23.5 Å². The van der Waals surface area contributed by atoms with Gasteiger partial charge in [0.25, 0.3) is 0 Å². The Morgan fingerprint density at radius 1 is 1.24 bits per heavy atom. The maximum Gasteiger partial charge on any atom is 0.308 e. The molecule has 1 aliphatic rings. The molecule has 2 N–H and O–H groups in total. The van der Waals surface area contributed by atoms with E-state index >= 15 is 0 Å². The zero-order valence-electron chi connectivity index (χ0n) is 12.6. The van der Waals surface area contributed by atoms with Crippen molar-refractivity contribution in [2.45, 2.75) is 38.5 Å². The monoisotopic (exact) mass is 289 g/mol. The predicted octanol–water partition coefficient (Wildman–Crippen LogP) is 2.58. The molecule has 0 heterocycles. The number of rotatable bonds is 7. The molecule has 1 aliphatic carbocycles. The molecule has 0 aliphatic heterocycles. The van der Waals surface area contributed by atoms with Crippen LogP contribution in [0.15, 0.2) is 30.3 Å². The lowest BCUT2D eigenvalue weighted by molar-refractivity contribution is -0.142. The standard InChI is InChI=1S/C17H23NO3/c1-12(2)10-13(15(19)20)11-18-16(21)17(8-9-17)14-6-4-3-5-7-14/h3-7,12-13H,8-11H2,1-2H3,(H,18,21)(H,19,20). The highest BCUT2D eigenvalue weighted by Gasteiger charge is 2.51. The SMILES string of the molecule is CC(C)CC(CNC(=O)C1(c2ccccc2)CC1)C(=O)O. The summed E-state index contributed by atoms with van der Waals surface area (Å²) in [6.07, 6.45) is 2.25. The van der Waals surface area contributed by atoms with Gasteiger partial charge in [-0.05, 0) is 30.7 Å². The highest BCUT2D eigenvalue weighted by molar-refractivity contribution is 5.91. The summed E-state index contributed by atoms with van der Waals surface area (Å²) < 4.78 is 0. The van der Waals surface area contributed by atoms with Crippen LogP contribution < -0.4 is 5.32 Å². The van der Waals surface area contributed by atoms with Crippen molar-refractivity contribution < 1.29 is 14.7 Å². The number of carbonyl (C=O) groups excluding carboxylic acids is 1. The molecule has 0 radical (unpaired) electrons. The van der Waals surface area contributed by atoms with E-state index in [-0.39, 0.29) is 12.5 Å². The summed E-state index contributed by atoms with van der Waals surface area (Å²) in [4.78, 5) is 23.7. The largest absolute Gasteiger partial charge is 0.481 e. The van der Waals surface area contributed by atoms with Gasteiger partial charge in [0.05, 0.1) is 11.3 Å². The quantitative estimate of drug-likeness (QED) is 0.810. The summed E-state index contributed by atoms with van der Waals surface area (Å²) in [5, 5.41) is 12.1. The van der Waals surface area contributed by atoms with Gasteiger partial charge in [0.2, 0.25) is 5.91 Å². The smallest absolute Gasteiger partial charge is 0.308 e. The Hall–Kier alpha value is -1.84. The van der Waals surface area contributed by atoms with E-state index in [1.165, 1.54) is 0 Å². The first-order chi connectivity index (χ1) is 9.95. The zero-order valence-corrected chi connectivity index (χ0v) is 12.6. The second kappa shape index (κ2) is 6.29. The number of hydrogen-bond donors (Lipinski definition) is 2. The maximum atomic E-state index is 12.4. The lowest BCUT2D eigenvalue weighted by atomic mass is 9.93. The van der Waals surface area contributed by atoms with Gasteiger partial charge in [-0.1, -0.05) is 44.2 Å². The van der Waals surface area contributed by atoms with Crippen molar-refractivity contribution in [3.63, 3.8) is 0 Å². The minimum Gasteiger partial charge on any atom is -0.481 e. The Morgan fingerprint density at radius 3 is 2.33 bits per heavy atom. The van der Waals surface area contributed by atoms with Gasteiger partial charge in [0.15, 0.2) is 0 Å². The molecule has 1 unspecified atom stereocenters. The fourth-order valence-corrected chi connectivity index (χ4v) is 2.75. The number of carbonyl (C=O) groups is 2. The molecule has 0 bridgehead atoms. The molecular formula is C17H23NO3. The van der Waals surface area contributed by atoms with Crippen molar-refractivity contribution in [3.05, 3.63) is 35.9 Å². The van der Waals surface area contributed by atoms with Gasteiger partial charge in [-0.3, -0.25) is 9.59 Å². The lowest BCUT2D eigenvalue weighted by Crippen LogP contribution is -2.39. The molecule has 1 aromatic carbocycles. The van der Waals surface area contributed by atoms with Gasteiger partial charge < -0.3 is 10.4 Å². The number of benzene rings is 1. The first kappa shape index (κ1) is 15.5. The molecule has 4 nitrogen and oxygen atoms in total. The van der Waals surface area contributed by atoms with Crippen LogP contribution in [-0.2, 0) is 15.0 Å². The molecule has 114 valence electrons. The van der Waals surface area contributed by atoms with E-state index in [2.05, 4.69) is 5.32 Å². The van der Waals surface area contributed by atoms with E-state index in [4.69, 9.17) is 0 Å². The molecule has 1 amide bonds. The van der Waals surface area contributed by atoms with Crippen molar-refractivity contribution in [2.24, 2.45) is 11.8 Å². The minimum atomic E-state index is -0.839. The molecule has 1 fully saturated rings. The highest BCUT2D eigenvalue weighted by Crippen LogP contribution is 2.48. The number of nitrogens with one attached hydrogen (secondary N) is 1. The Morgan fingerprint density at radius 2 is 1.86 bits per heavy atom. The van der Waals surface area contributed by atoms with Gasteiger partial charge >= 0.3 is 5.97 Å². The Bertz CT molecular complexity index is 506. The lowest BCUT2D eigenvalue weighted by Gasteiger charge is -2.19. The van der Waals surface area contributed by atoms with E-state index in [1.54, 1.807) is 0 Å². The Balaban J connectivity index is 1.97. The van der Waals surface area contributed by atoms with Crippen molar-refractivity contribution in [1.82, 2.24) is 5.32 Å². The average molecular weight is 289 g/mol. The van der Waals surface area contributed by atoms with E-state index in [9.17, 15) is 14.7 Å². The second-order valence-corrected chi connectivity index (χ2v) is 6.32. The van der Waals surface area contributed by atoms with Gasteiger partial charge in [-0.2, -0.15) is 0 Å². The summed E-state index contributed by atoms with van der Waals surface area (Å²) in [6, 6.07) is 9.73. The van der Waals surface area contributed by atoms with Gasteiger partial charge in [0.1, 0.15) is 0 Å².